The summed E-state index contributed by atoms with van der Waals surface area (Å²) in [7, 11) is 0. The van der Waals surface area contributed by atoms with Crippen LogP contribution in [0.5, 0.6) is 0 Å². The Balaban J connectivity index is 1.45. The van der Waals surface area contributed by atoms with Crippen LogP contribution in [0.1, 0.15) is 67.5 Å². The predicted molar refractivity (Wildman–Crippen MR) is 159 cm³/mol. The molecule has 1 unspecified atom stereocenters. The molecular formula is C32H26ClFN8. The minimum Gasteiger partial charge on any atom is -0.377 e. The highest BCUT2D eigenvalue weighted by atomic mass is 35.5. The zero-order valence-corrected chi connectivity index (χ0v) is 23.2. The number of hydrogen-bond acceptors (Lipinski definition) is 7. The SMILES string of the molecule is [2H][C@](Nc1cc(Cl)c2ncc(C#N)c(NC(CCC#N)c3ccccc3)c2c1)(c1ccc(F)cc1)c1cn(C2CC2)nn1. The van der Waals surface area contributed by atoms with Crippen molar-refractivity contribution in [2.75, 3.05) is 10.6 Å². The summed E-state index contributed by atoms with van der Waals surface area (Å²) in [5.41, 5.74) is 3.51. The van der Waals surface area contributed by atoms with E-state index in [1.54, 1.807) is 23.0 Å². The van der Waals surface area contributed by atoms with Crippen LogP contribution in [0.3, 0.4) is 0 Å². The smallest absolute Gasteiger partial charge is 0.123 e. The molecule has 0 amide bonds. The van der Waals surface area contributed by atoms with Crippen LogP contribution in [0.25, 0.3) is 10.9 Å². The highest BCUT2D eigenvalue weighted by molar-refractivity contribution is 6.35. The third-order valence-corrected chi connectivity index (χ3v) is 7.49. The van der Waals surface area contributed by atoms with E-state index >= 15 is 0 Å². The second kappa shape index (κ2) is 11.9. The minimum atomic E-state index is -1.65. The van der Waals surface area contributed by atoms with Crippen molar-refractivity contribution in [3.63, 3.8) is 0 Å². The van der Waals surface area contributed by atoms with Crippen molar-refractivity contribution in [1.29, 1.82) is 10.5 Å². The molecule has 208 valence electrons. The van der Waals surface area contributed by atoms with Crippen molar-refractivity contribution in [3.8, 4) is 12.1 Å². The highest BCUT2D eigenvalue weighted by Crippen LogP contribution is 2.38. The fraction of sp³-hybridized carbons (Fsp3) is 0.219. The van der Waals surface area contributed by atoms with Crippen molar-refractivity contribution in [2.24, 2.45) is 0 Å². The molecule has 10 heteroatoms. The number of nitrogens with one attached hydrogen (secondary N) is 2. The summed E-state index contributed by atoms with van der Waals surface area (Å²) in [4.78, 5) is 4.46. The molecule has 1 fully saturated rings. The molecule has 2 heterocycles. The van der Waals surface area contributed by atoms with Gasteiger partial charge in [-0.25, -0.2) is 9.07 Å². The fourth-order valence-corrected chi connectivity index (χ4v) is 5.18. The first-order valence-electron chi connectivity index (χ1n) is 14.1. The van der Waals surface area contributed by atoms with Crippen molar-refractivity contribution in [1.82, 2.24) is 20.0 Å². The summed E-state index contributed by atoms with van der Waals surface area (Å²) in [6, 6.07) is 21.6. The van der Waals surface area contributed by atoms with Gasteiger partial charge in [-0.15, -0.1) is 5.10 Å². The predicted octanol–water partition coefficient (Wildman–Crippen LogP) is 7.48. The largest absolute Gasteiger partial charge is 0.377 e. The molecule has 1 aliphatic rings. The summed E-state index contributed by atoms with van der Waals surface area (Å²) in [5, 5.41) is 35.5. The Kier molecular flexibility index (Phi) is 7.32. The number of aromatic nitrogens is 4. The normalized spacial score (nSPS) is 15.2. The maximum atomic E-state index is 13.9. The highest BCUT2D eigenvalue weighted by Gasteiger charge is 2.27. The zero-order chi connectivity index (χ0) is 30.0. The van der Waals surface area contributed by atoms with E-state index in [0.29, 0.717) is 57.0 Å². The lowest BCUT2D eigenvalue weighted by Crippen LogP contribution is -2.14. The molecule has 0 aliphatic heterocycles. The van der Waals surface area contributed by atoms with E-state index < -0.39 is 11.8 Å². The molecule has 2 atom stereocenters. The van der Waals surface area contributed by atoms with Crippen LogP contribution in [0, 0.1) is 28.5 Å². The maximum absolute atomic E-state index is 13.9. The molecular weight excluding hydrogens is 551 g/mol. The molecule has 0 saturated heterocycles. The topological polar surface area (TPSA) is 115 Å². The standard InChI is InChI=1S/C32H26ClFN8/c33-27-16-24(38-31(21-8-10-23(34)11-9-21)29-19-42(41-40-29)25-12-13-25)15-26-30(22(17-36)18-37-32(26)27)39-28(7-4-14-35)20-5-2-1-3-6-20/h1-3,5-6,8-11,15-16,18-19,25,28,31,38H,4,7,12-13H2,(H,37,39)/t28?,31-/m0/s1/i31D. The van der Waals surface area contributed by atoms with Gasteiger partial charge in [0.2, 0.25) is 0 Å². The van der Waals surface area contributed by atoms with Gasteiger partial charge >= 0.3 is 0 Å². The lowest BCUT2D eigenvalue weighted by molar-refractivity contribution is 0.610. The third kappa shape index (κ3) is 5.74. The van der Waals surface area contributed by atoms with Crippen LogP contribution in [0.2, 0.25) is 5.02 Å². The van der Waals surface area contributed by atoms with E-state index in [-0.39, 0.29) is 12.1 Å². The van der Waals surface area contributed by atoms with E-state index in [9.17, 15) is 16.3 Å². The Hall–Kier alpha value is -4.99. The first-order valence-corrected chi connectivity index (χ1v) is 13.9. The Bertz CT molecular complexity index is 1860. The lowest BCUT2D eigenvalue weighted by atomic mass is 10.00. The molecule has 0 spiro atoms. The number of nitriles is 2. The second-order valence-electron chi connectivity index (χ2n) is 10.1. The van der Waals surface area contributed by atoms with Gasteiger partial charge in [-0.1, -0.05) is 59.3 Å². The van der Waals surface area contributed by atoms with Gasteiger partial charge < -0.3 is 10.6 Å². The van der Waals surface area contributed by atoms with Crippen LogP contribution in [0.4, 0.5) is 15.8 Å². The monoisotopic (exact) mass is 577 g/mol. The van der Waals surface area contributed by atoms with E-state index in [0.717, 1.165) is 18.4 Å². The first-order chi connectivity index (χ1) is 20.9. The molecule has 5 aromatic rings. The Morgan fingerprint density at radius 3 is 2.57 bits per heavy atom. The minimum absolute atomic E-state index is 0.261. The van der Waals surface area contributed by atoms with Gasteiger partial charge in [-0.3, -0.25) is 4.98 Å². The van der Waals surface area contributed by atoms with Crippen LogP contribution < -0.4 is 10.6 Å². The number of hydrogen-bond donors (Lipinski definition) is 2. The fourth-order valence-electron chi connectivity index (χ4n) is 4.92. The number of rotatable bonds is 10. The summed E-state index contributed by atoms with van der Waals surface area (Å²) in [5.74, 6) is -0.420. The van der Waals surface area contributed by atoms with Crippen molar-refractivity contribution >= 4 is 33.9 Å². The Labute approximate surface area is 248 Å². The van der Waals surface area contributed by atoms with Crippen molar-refractivity contribution in [2.45, 2.75) is 43.8 Å². The number of nitrogens with zero attached hydrogens (tertiary/aromatic N) is 6. The zero-order valence-electron chi connectivity index (χ0n) is 23.4. The van der Waals surface area contributed by atoms with Gasteiger partial charge in [0.25, 0.3) is 0 Å². The molecule has 2 aromatic heterocycles. The molecule has 8 nitrogen and oxygen atoms in total. The van der Waals surface area contributed by atoms with Crippen molar-refractivity contribution in [3.05, 3.63) is 112 Å². The number of fused-ring (bicyclic) bond motifs is 1. The van der Waals surface area contributed by atoms with Gasteiger partial charge in [0.1, 0.15) is 17.6 Å². The van der Waals surface area contributed by atoms with E-state index in [1.165, 1.54) is 30.5 Å². The average molecular weight is 578 g/mol. The molecule has 3 aromatic carbocycles. The van der Waals surface area contributed by atoms with Crippen molar-refractivity contribution < 1.29 is 5.76 Å². The van der Waals surface area contributed by atoms with E-state index in [2.05, 4.69) is 38.1 Å². The van der Waals surface area contributed by atoms with Crippen LogP contribution in [-0.2, 0) is 0 Å². The van der Waals surface area contributed by atoms with Gasteiger partial charge in [-0.05, 0) is 54.7 Å². The number of benzene rings is 3. The Morgan fingerprint density at radius 2 is 1.86 bits per heavy atom. The first kappa shape index (κ1) is 25.9. The molecule has 0 bridgehead atoms. The number of halogens is 2. The summed E-state index contributed by atoms with van der Waals surface area (Å²) in [6.07, 6.45) is 6.04. The summed E-state index contributed by atoms with van der Waals surface area (Å²) >= 11 is 6.76. The maximum Gasteiger partial charge on any atom is 0.123 e. The summed E-state index contributed by atoms with van der Waals surface area (Å²) in [6.45, 7) is 0. The number of pyridine rings is 1. The molecule has 1 saturated carbocycles. The van der Waals surface area contributed by atoms with Gasteiger partial charge in [0, 0.05) is 23.7 Å². The molecule has 1 aliphatic carbocycles. The van der Waals surface area contributed by atoms with E-state index in [1.807, 2.05) is 30.3 Å². The molecule has 2 N–H and O–H groups in total. The van der Waals surface area contributed by atoms with Gasteiger partial charge in [0.05, 0.1) is 53.5 Å². The van der Waals surface area contributed by atoms with Gasteiger partial charge in [-0.2, -0.15) is 10.5 Å². The summed E-state index contributed by atoms with van der Waals surface area (Å²) < 4.78 is 25.2. The van der Waals surface area contributed by atoms with Crippen LogP contribution >= 0.6 is 11.6 Å². The van der Waals surface area contributed by atoms with E-state index in [4.69, 9.17) is 11.6 Å². The molecule has 0 radical (unpaired) electrons. The molecule has 6 rings (SSSR count). The van der Waals surface area contributed by atoms with Crippen LogP contribution in [0.15, 0.2) is 79.1 Å². The number of anilines is 2. The quantitative estimate of drug-likeness (QED) is 0.177. The lowest BCUT2D eigenvalue weighted by Gasteiger charge is -2.23. The molecule has 42 heavy (non-hydrogen) atoms. The second-order valence-corrected chi connectivity index (χ2v) is 10.5. The Morgan fingerprint density at radius 1 is 1.07 bits per heavy atom. The average Bonchev–Trinajstić information content (AvgIpc) is 3.75. The van der Waals surface area contributed by atoms with Crippen LogP contribution in [-0.4, -0.2) is 20.0 Å². The van der Waals surface area contributed by atoms with Gasteiger partial charge in [0.15, 0.2) is 0 Å². The third-order valence-electron chi connectivity index (χ3n) is 7.20.